The molecule has 4 heteroatoms. The fourth-order valence-electron chi connectivity index (χ4n) is 2.34. The maximum Gasteiger partial charge on any atom is 0.243 e. The lowest BCUT2D eigenvalue weighted by Gasteiger charge is -2.22. The molecule has 0 aliphatic carbocycles. The number of benzene rings is 2. The highest BCUT2D eigenvalue weighted by Gasteiger charge is 2.24. The quantitative estimate of drug-likeness (QED) is 0.539. The van der Waals surface area contributed by atoms with E-state index in [1.165, 1.54) is 0 Å². The molecule has 0 bridgehead atoms. The molecule has 122 valence electrons. The molecule has 0 amide bonds. The molecule has 0 spiro atoms. The molecule has 2 aromatic rings. The van der Waals surface area contributed by atoms with E-state index in [2.05, 4.69) is 6.58 Å². The normalized spacial score (nSPS) is 11.6. The Morgan fingerprint density at radius 2 is 1.70 bits per heavy atom. The SMILES string of the molecule is C=CCCCN(Cc1ccccc1)S(=O)(=O)c1ccc(C)cc1. The monoisotopic (exact) mass is 329 g/mol. The van der Waals surface area contributed by atoms with Crippen molar-refractivity contribution in [2.45, 2.75) is 31.2 Å². The fraction of sp³-hybridized carbons (Fsp3) is 0.263. The van der Waals surface area contributed by atoms with Crippen LogP contribution in [0.15, 0.2) is 72.1 Å². The zero-order valence-corrected chi connectivity index (χ0v) is 14.3. The van der Waals surface area contributed by atoms with Gasteiger partial charge in [0.1, 0.15) is 0 Å². The Kier molecular flexibility index (Phi) is 6.13. The predicted molar refractivity (Wildman–Crippen MR) is 94.6 cm³/mol. The lowest BCUT2D eigenvalue weighted by molar-refractivity contribution is 0.401. The average Bonchev–Trinajstić information content (AvgIpc) is 2.55. The number of nitrogens with zero attached hydrogens (tertiary/aromatic N) is 1. The molecule has 2 aromatic carbocycles. The molecule has 0 aliphatic heterocycles. The molecule has 0 atom stereocenters. The van der Waals surface area contributed by atoms with Crippen LogP contribution in [0.1, 0.15) is 24.0 Å². The molecule has 0 radical (unpaired) electrons. The van der Waals surface area contributed by atoms with E-state index in [1.54, 1.807) is 16.4 Å². The standard InChI is InChI=1S/C19H23NO2S/c1-3-4-8-15-20(16-18-9-6-5-7-10-18)23(21,22)19-13-11-17(2)12-14-19/h3,5-7,9-14H,1,4,8,15-16H2,2H3. The van der Waals surface area contributed by atoms with Gasteiger partial charge in [0.05, 0.1) is 4.90 Å². The number of unbranched alkanes of at least 4 members (excludes halogenated alkanes) is 1. The van der Waals surface area contributed by atoms with E-state index in [4.69, 9.17) is 0 Å². The van der Waals surface area contributed by atoms with Gasteiger partial charge >= 0.3 is 0 Å². The molecule has 23 heavy (non-hydrogen) atoms. The summed E-state index contributed by atoms with van der Waals surface area (Å²) in [6.07, 6.45) is 3.38. The van der Waals surface area contributed by atoms with E-state index >= 15 is 0 Å². The van der Waals surface area contributed by atoms with Gasteiger partial charge in [-0.25, -0.2) is 8.42 Å². The first-order chi connectivity index (χ1) is 11.0. The maximum absolute atomic E-state index is 12.9. The van der Waals surface area contributed by atoms with Crippen LogP contribution in [-0.2, 0) is 16.6 Å². The maximum atomic E-state index is 12.9. The Balaban J connectivity index is 2.27. The van der Waals surface area contributed by atoms with E-state index in [0.29, 0.717) is 18.0 Å². The second-order valence-electron chi connectivity index (χ2n) is 5.57. The first kappa shape index (κ1) is 17.4. The van der Waals surface area contributed by atoms with Gasteiger partial charge in [0.25, 0.3) is 0 Å². The molecule has 0 heterocycles. The van der Waals surface area contributed by atoms with Crippen LogP contribution < -0.4 is 0 Å². The second kappa shape index (κ2) is 8.09. The minimum atomic E-state index is -3.50. The summed E-state index contributed by atoms with van der Waals surface area (Å²) in [5.41, 5.74) is 2.03. The average molecular weight is 329 g/mol. The lowest BCUT2D eigenvalue weighted by Crippen LogP contribution is -2.31. The number of hydrogen-bond acceptors (Lipinski definition) is 2. The molecule has 0 saturated heterocycles. The number of rotatable bonds is 8. The van der Waals surface area contributed by atoms with Gasteiger partial charge in [0.2, 0.25) is 10.0 Å². The van der Waals surface area contributed by atoms with E-state index in [1.807, 2.05) is 55.5 Å². The number of allylic oxidation sites excluding steroid dienone is 1. The summed E-state index contributed by atoms with van der Waals surface area (Å²) in [5.74, 6) is 0. The predicted octanol–water partition coefficient (Wildman–Crippen LogP) is 4.15. The molecule has 0 aliphatic rings. The molecular weight excluding hydrogens is 306 g/mol. The summed E-state index contributed by atoms with van der Waals surface area (Å²) in [6, 6.07) is 16.7. The largest absolute Gasteiger partial charge is 0.243 e. The van der Waals surface area contributed by atoms with Crippen LogP contribution in [-0.4, -0.2) is 19.3 Å². The van der Waals surface area contributed by atoms with Crippen molar-refractivity contribution in [3.05, 3.63) is 78.4 Å². The molecule has 0 fully saturated rings. The summed E-state index contributed by atoms with van der Waals surface area (Å²) in [6.45, 7) is 6.52. The first-order valence-corrected chi connectivity index (χ1v) is 9.19. The highest BCUT2D eigenvalue weighted by molar-refractivity contribution is 7.89. The smallest absolute Gasteiger partial charge is 0.207 e. The van der Waals surface area contributed by atoms with E-state index in [9.17, 15) is 8.42 Å². The van der Waals surface area contributed by atoms with Crippen LogP contribution in [0.3, 0.4) is 0 Å². The highest BCUT2D eigenvalue weighted by atomic mass is 32.2. The van der Waals surface area contributed by atoms with Gasteiger partial charge in [-0.05, 0) is 37.5 Å². The van der Waals surface area contributed by atoms with Crippen LogP contribution >= 0.6 is 0 Å². The number of sulfonamides is 1. The number of aryl methyl sites for hydroxylation is 1. The van der Waals surface area contributed by atoms with Crippen LogP contribution in [0.2, 0.25) is 0 Å². The van der Waals surface area contributed by atoms with Crippen molar-refractivity contribution in [1.29, 1.82) is 0 Å². The Labute approximate surface area is 139 Å². The minimum Gasteiger partial charge on any atom is -0.207 e. The van der Waals surface area contributed by atoms with Gasteiger partial charge in [-0.2, -0.15) is 4.31 Å². The van der Waals surface area contributed by atoms with Gasteiger partial charge in [-0.1, -0.05) is 54.1 Å². The molecule has 2 rings (SSSR count). The van der Waals surface area contributed by atoms with Gasteiger partial charge in [-0.15, -0.1) is 6.58 Å². The highest BCUT2D eigenvalue weighted by Crippen LogP contribution is 2.19. The summed E-state index contributed by atoms with van der Waals surface area (Å²) in [7, 11) is -3.50. The van der Waals surface area contributed by atoms with E-state index in [-0.39, 0.29) is 0 Å². The van der Waals surface area contributed by atoms with Crippen molar-refractivity contribution in [3.8, 4) is 0 Å². The van der Waals surface area contributed by atoms with Crippen LogP contribution in [0, 0.1) is 6.92 Å². The van der Waals surface area contributed by atoms with Gasteiger partial charge in [0.15, 0.2) is 0 Å². The third-order valence-corrected chi connectivity index (χ3v) is 5.54. The van der Waals surface area contributed by atoms with E-state index < -0.39 is 10.0 Å². The van der Waals surface area contributed by atoms with E-state index in [0.717, 1.165) is 24.0 Å². The van der Waals surface area contributed by atoms with Crippen molar-refractivity contribution in [3.63, 3.8) is 0 Å². The zero-order valence-electron chi connectivity index (χ0n) is 13.5. The molecule has 0 saturated carbocycles. The minimum absolute atomic E-state index is 0.345. The Hall–Kier alpha value is -1.91. The third-order valence-electron chi connectivity index (χ3n) is 3.68. The van der Waals surface area contributed by atoms with Crippen molar-refractivity contribution in [1.82, 2.24) is 4.31 Å². The topological polar surface area (TPSA) is 37.4 Å². The zero-order chi connectivity index (χ0) is 16.7. The fourth-order valence-corrected chi connectivity index (χ4v) is 3.81. The summed E-state index contributed by atoms with van der Waals surface area (Å²) in [4.78, 5) is 0.345. The molecule has 0 aromatic heterocycles. The van der Waals surface area contributed by atoms with Crippen LogP contribution in [0.25, 0.3) is 0 Å². The van der Waals surface area contributed by atoms with Crippen molar-refractivity contribution < 1.29 is 8.42 Å². The van der Waals surface area contributed by atoms with Crippen LogP contribution in [0.4, 0.5) is 0 Å². The summed E-state index contributed by atoms with van der Waals surface area (Å²) in [5, 5.41) is 0. The Bertz CT molecular complexity index is 722. The summed E-state index contributed by atoms with van der Waals surface area (Å²) < 4.78 is 27.4. The molecule has 0 N–H and O–H groups in total. The molecule has 3 nitrogen and oxygen atoms in total. The number of hydrogen-bond donors (Lipinski definition) is 0. The van der Waals surface area contributed by atoms with Gasteiger partial charge in [-0.3, -0.25) is 0 Å². The van der Waals surface area contributed by atoms with Gasteiger partial charge in [0, 0.05) is 13.1 Å². The molecular formula is C19H23NO2S. The van der Waals surface area contributed by atoms with Crippen LogP contribution in [0.5, 0.6) is 0 Å². The lowest BCUT2D eigenvalue weighted by atomic mass is 10.2. The first-order valence-electron chi connectivity index (χ1n) is 7.75. The second-order valence-corrected chi connectivity index (χ2v) is 7.51. The Morgan fingerprint density at radius 1 is 1.04 bits per heavy atom. The Morgan fingerprint density at radius 3 is 2.30 bits per heavy atom. The van der Waals surface area contributed by atoms with Crippen molar-refractivity contribution in [2.75, 3.05) is 6.54 Å². The third kappa shape index (κ3) is 4.78. The van der Waals surface area contributed by atoms with Crippen molar-refractivity contribution in [2.24, 2.45) is 0 Å². The summed E-state index contributed by atoms with van der Waals surface area (Å²) >= 11 is 0. The van der Waals surface area contributed by atoms with Crippen molar-refractivity contribution >= 4 is 10.0 Å². The molecule has 0 unspecified atom stereocenters. The van der Waals surface area contributed by atoms with Gasteiger partial charge < -0.3 is 0 Å².